The molecule has 9 rings (SSSR count). The van der Waals surface area contributed by atoms with E-state index in [2.05, 4.69) is 26.8 Å². The molecule has 0 spiro atoms. The van der Waals surface area contributed by atoms with E-state index in [9.17, 15) is 85.6 Å². The summed E-state index contributed by atoms with van der Waals surface area (Å²) >= 11 is 0. The van der Waals surface area contributed by atoms with Gasteiger partial charge in [0, 0.05) is 18.4 Å². The van der Waals surface area contributed by atoms with Gasteiger partial charge in [0.1, 0.15) is 97.8 Å². The van der Waals surface area contributed by atoms with E-state index in [0.29, 0.717) is 32.1 Å². The van der Waals surface area contributed by atoms with Crippen LogP contribution >= 0.6 is 0 Å². The molecule has 0 aromatic carbocycles. The van der Waals surface area contributed by atoms with Crippen molar-refractivity contribution in [2.45, 2.75) is 235 Å². The molecule has 85 heavy (non-hydrogen) atoms. The Labute approximate surface area is 491 Å². The Hall–Kier alpha value is -3.24. The molecule has 1 unspecified atom stereocenters. The van der Waals surface area contributed by atoms with Crippen molar-refractivity contribution in [1.82, 2.24) is 0 Å². The van der Waals surface area contributed by atoms with Gasteiger partial charge >= 0.3 is 17.9 Å². The van der Waals surface area contributed by atoms with Gasteiger partial charge in [-0.1, -0.05) is 59.3 Å². The van der Waals surface area contributed by atoms with Gasteiger partial charge < -0.3 is 119 Å². The van der Waals surface area contributed by atoms with Gasteiger partial charge in [-0.3, -0.25) is 4.79 Å². The summed E-state index contributed by atoms with van der Waals surface area (Å²) in [4.78, 5) is 53.4. The lowest BCUT2D eigenvalue weighted by Gasteiger charge is -2.72. The van der Waals surface area contributed by atoms with Gasteiger partial charge in [0.2, 0.25) is 0 Å². The van der Waals surface area contributed by atoms with Crippen LogP contribution in [0.5, 0.6) is 0 Å². The Morgan fingerprint density at radius 2 is 1.31 bits per heavy atom. The van der Waals surface area contributed by atoms with Crippen molar-refractivity contribution in [3.8, 4) is 0 Å². The number of aldehydes is 1. The van der Waals surface area contributed by atoms with E-state index >= 15 is 0 Å². The van der Waals surface area contributed by atoms with E-state index in [-0.39, 0.29) is 18.8 Å². The van der Waals surface area contributed by atoms with Crippen LogP contribution in [-0.2, 0) is 66.5 Å². The number of aliphatic hydroxyl groups is 12. The van der Waals surface area contributed by atoms with Crippen molar-refractivity contribution >= 4 is 24.2 Å². The van der Waals surface area contributed by atoms with Gasteiger partial charge in [0.25, 0.3) is 0 Å². The summed E-state index contributed by atoms with van der Waals surface area (Å²) in [7, 11) is 0. The van der Waals surface area contributed by atoms with Gasteiger partial charge in [-0.2, -0.15) is 0 Å². The van der Waals surface area contributed by atoms with Gasteiger partial charge in [-0.15, -0.1) is 0 Å². The first-order chi connectivity index (χ1) is 39.8. The summed E-state index contributed by atoms with van der Waals surface area (Å²) < 4.78 is 60.3. The molecule has 13 N–H and O–H groups in total. The Kier molecular flexibility index (Phi) is 19.1. The van der Waals surface area contributed by atoms with Crippen molar-refractivity contribution < 1.29 is 133 Å². The first kappa shape index (κ1) is 66.2. The smallest absolute Gasteiger partial charge is 0.335 e. The Bertz CT molecular complexity index is 2500. The number of rotatable bonds is 15. The summed E-state index contributed by atoms with van der Waals surface area (Å²) in [6.45, 7) is 12.2. The zero-order valence-electron chi connectivity index (χ0n) is 49.1. The van der Waals surface area contributed by atoms with Gasteiger partial charge in [-0.05, 0) is 85.9 Å². The monoisotopic (exact) mass is 1220 g/mol. The van der Waals surface area contributed by atoms with Crippen molar-refractivity contribution in [1.29, 1.82) is 0 Å². The number of allylic oxidation sites excluding steroid dienone is 3. The highest BCUT2D eigenvalue weighted by Crippen LogP contribution is 2.76. The number of carbonyl (C=O) groups excluding carboxylic acids is 3. The Morgan fingerprint density at radius 1 is 0.671 bits per heavy atom. The highest BCUT2D eigenvalue weighted by atomic mass is 16.8. The van der Waals surface area contributed by atoms with Crippen molar-refractivity contribution in [2.24, 2.45) is 50.2 Å². The minimum atomic E-state index is -2.28. The van der Waals surface area contributed by atoms with E-state index in [1.54, 1.807) is 13.8 Å². The van der Waals surface area contributed by atoms with Crippen LogP contribution in [-0.4, -0.2) is 252 Å². The summed E-state index contributed by atoms with van der Waals surface area (Å²) in [5.41, 5.74) is -4.73. The Morgan fingerprint density at radius 3 is 1.93 bits per heavy atom. The summed E-state index contributed by atoms with van der Waals surface area (Å²) in [6.07, 6.45) is -31.2. The molecule has 4 saturated carbocycles. The number of ether oxygens (including phenoxy) is 10. The first-order valence-corrected chi connectivity index (χ1v) is 29.4. The quantitative estimate of drug-likeness (QED) is 0.0267. The van der Waals surface area contributed by atoms with E-state index in [1.807, 2.05) is 13.8 Å². The lowest BCUT2D eigenvalue weighted by atomic mass is 9.33. The number of hydrogen-bond acceptors (Lipinski definition) is 26. The fourth-order valence-electron chi connectivity index (χ4n) is 17.0. The van der Waals surface area contributed by atoms with Crippen LogP contribution in [0, 0.1) is 50.2 Å². The molecule has 0 bridgehead atoms. The molecule has 8 fully saturated rings. The number of esters is 2. The largest absolute Gasteiger partial charge is 0.479 e. The summed E-state index contributed by atoms with van der Waals surface area (Å²) in [5, 5.41) is 143. The minimum absolute atomic E-state index is 0.112. The molecule has 0 amide bonds. The Balaban J connectivity index is 1.05. The topological polar surface area (TPSA) is 424 Å². The van der Waals surface area contributed by atoms with Crippen LogP contribution in [0.15, 0.2) is 23.8 Å². The van der Waals surface area contributed by atoms with Crippen molar-refractivity contribution in [3.05, 3.63) is 23.8 Å². The lowest BCUT2D eigenvalue weighted by molar-refractivity contribution is -0.398. The van der Waals surface area contributed by atoms with Crippen LogP contribution in [0.25, 0.3) is 0 Å². The van der Waals surface area contributed by atoms with Crippen LogP contribution in [0.4, 0.5) is 0 Å². The average molecular weight is 1220 g/mol. The van der Waals surface area contributed by atoms with Crippen LogP contribution in [0.3, 0.4) is 0 Å². The van der Waals surface area contributed by atoms with E-state index in [0.717, 1.165) is 11.9 Å². The second kappa shape index (κ2) is 24.5. The second-order valence-electron chi connectivity index (χ2n) is 26.8. The fourth-order valence-corrected chi connectivity index (χ4v) is 17.0. The maximum atomic E-state index is 14.2. The maximum absolute atomic E-state index is 14.2. The van der Waals surface area contributed by atoms with E-state index < -0.39 is 224 Å². The number of aliphatic hydroxyl groups excluding tert-OH is 12. The van der Waals surface area contributed by atoms with Crippen LogP contribution in [0.2, 0.25) is 0 Å². The summed E-state index contributed by atoms with van der Waals surface area (Å²) in [6, 6.07) is 0. The van der Waals surface area contributed by atoms with E-state index in [4.69, 9.17) is 47.4 Å². The normalized spacial score (nSPS) is 51.4. The number of carbonyl (C=O) groups is 4. The molecule has 27 heteroatoms. The first-order valence-electron chi connectivity index (χ1n) is 29.4. The number of hydrogen-bond donors (Lipinski definition) is 13. The molecular formula is C58H88O27. The van der Waals surface area contributed by atoms with Crippen LogP contribution < -0.4 is 0 Å². The van der Waals surface area contributed by atoms with E-state index in [1.165, 1.54) is 19.1 Å². The van der Waals surface area contributed by atoms with Gasteiger partial charge in [-0.25, -0.2) is 9.59 Å². The highest BCUT2D eigenvalue weighted by Gasteiger charge is 2.74. The van der Waals surface area contributed by atoms with Gasteiger partial charge in [0.05, 0.1) is 49.5 Å². The molecule has 9 aliphatic rings. The molecule has 4 saturated heterocycles. The number of aliphatic carboxylic acids is 1. The number of carboxylic acids is 1. The third-order valence-electron chi connectivity index (χ3n) is 21.8. The number of carboxylic acid groups (broad SMARTS) is 1. The predicted molar refractivity (Wildman–Crippen MR) is 284 cm³/mol. The molecule has 0 aromatic rings. The zero-order chi connectivity index (χ0) is 62.4. The lowest BCUT2D eigenvalue weighted by Crippen LogP contribution is -2.72. The standard InChI is InChI=1S/C58H88O27/c1-9-10-34(66)81-46-47(78-24(2)62)58(23-61)26(17-53(46,3)4)25-11-12-31-54(5)15-14-33(55(6,22-60)30(54)13-16-56(31,7)57(25,8)18-32(58)65)80-52-45(85-50-40(72)38(70)37(69)29(19-59)79-50)42(41(73)43(83-52)48(74)75)82-51-44(36(68)28(64)21-77-51)84-49-39(71)35(67)27(63)20-76-49/h9-11,22,26-33,35-47,49-52,59,61,63-65,67-73H,12-21,23H2,1-8H3,(H,74,75)/b10-9-/t26-,27+,28-,29+,30?,31+,32+,33-,35-,36-,37-,38-,39+,40+,41-,42-,43-,44+,45+,46-,47-,49-,50-,51-,52+,54-,55-,56+,57+,58-/m0/s1. The van der Waals surface area contributed by atoms with Crippen LogP contribution in [0.1, 0.15) is 100 Å². The third kappa shape index (κ3) is 11.0. The fraction of sp³-hybridized carbons (Fsp3) is 0.862. The molecule has 482 valence electrons. The molecule has 4 heterocycles. The average Bonchev–Trinajstić information content (AvgIpc) is 0.687. The summed E-state index contributed by atoms with van der Waals surface area (Å²) in [5.74, 6) is -4.28. The predicted octanol–water partition coefficient (Wildman–Crippen LogP) is -2.40. The molecule has 30 atom stereocenters. The zero-order valence-corrected chi connectivity index (χ0v) is 49.1. The molecule has 4 aliphatic heterocycles. The molecule has 5 aliphatic carbocycles. The molecular weight excluding hydrogens is 1130 g/mol. The molecule has 0 aromatic heterocycles. The third-order valence-corrected chi connectivity index (χ3v) is 21.8. The molecule has 27 nitrogen and oxygen atoms in total. The number of fused-ring (bicyclic) bond motifs is 7. The SMILES string of the molecule is C/C=C\C(=O)O[C@H]1[C@H](OC(C)=O)[C@]2(CO)[C@H](O)C[C@]3(C)C(=CC[C@@H]4[C@@]5(C)CC[C@H](O[C@@H]6O[C@H](C(=O)O)[C@@H](O)[C@H](O[C@@H]7OC[C@H](O)[C@H](O)[C@H]7O[C@@H]7OC[C@@H](O)[C@H](O)[C@H]7O)[C@H]6O[C@@H]6O[C@H](CO)[C@H](O)[C@H](O)[C@H]6O)[C@@](C)(C=O)C5CC[C@]43C)[C@@H]2CC1(C)C. The van der Waals surface area contributed by atoms with Crippen molar-refractivity contribution in [2.75, 3.05) is 26.4 Å². The van der Waals surface area contributed by atoms with Gasteiger partial charge in [0.15, 0.2) is 31.3 Å². The molecule has 0 radical (unpaired) electrons. The van der Waals surface area contributed by atoms with Crippen molar-refractivity contribution in [3.63, 3.8) is 0 Å². The second-order valence-corrected chi connectivity index (χ2v) is 26.8. The highest BCUT2D eigenvalue weighted by molar-refractivity contribution is 5.82. The maximum Gasteiger partial charge on any atom is 0.335 e. The minimum Gasteiger partial charge on any atom is -0.479 e.